The normalized spacial score (nSPS) is 10.0. The summed E-state index contributed by atoms with van der Waals surface area (Å²) in [6.45, 7) is 0. The van der Waals surface area contributed by atoms with Gasteiger partial charge in [-0.25, -0.2) is 0 Å². The van der Waals surface area contributed by atoms with Gasteiger partial charge < -0.3 is 19.2 Å². The molecule has 0 aliphatic carbocycles. The molecule has 0 heterocycles. The van der Waals surface area contributed by atoms with Crippen LogP contribution < -0.4 is 0 Å². The third-order valence-corrected chi connectivity index (χ3v) is 0. The standard InChI is InChI=1S/H4O4Si.Tm/c1-5(2,3)4;/h1-4H;. The Balaban J connectivity index is 0. The van der Waals surface area contributed by atoms with Gasteiger partial charge in [-0.2, -0.15) is 0 Å². The minimum Gasteiger partial charge on any atom is -0.368 e. The van der Waals surface area contributed by atoms with Gasteiger partial charge in [0.25, 0.3) is 0 Å². The average Bonchev–Trinajstić information content (AvgIpc) is 0.722. The molecule has 6 heteroatoms. The van der Waals surface area contributed by atoms with E-state index in [4.69, 9.17) is 19.2 Å². The van der Waals surface area contributed by atoms with Crippen LogP contribution in [0.3, 0.4) is 0 Å². The molecule has 0 spiro atoms. The second-order valence-corrected chi connectivity index (χ2v) is 1.80. The second kappa shape index (κ2) is 3.31. The number of hydrogen-bond acceptors (Lipinski definition) is 4. The first-order valence-electron chi connectivity index (χ1n) is 0.894. The van der Waals surface area contributed by atoms with E-state index in [1.807, 2.05) is 0 Å². The van der Waals surface area contributed by atoms with Gasteiger partial charge in [-0.1, -0.05) is 0 Å². The molecule has 0 rings (SSSR count). The Kier molecular flexibility index (Phi) is 5.69. The van der Waals surface area contributed by atoms with Gasteiger partial charge in [-0.15, -0.1) is 0 Å². The van der Waals surface area contributed by atoms with Crippen LogP contribution in [0.1, 0.15) is 0 Å². The molecule has 4 N–H and O–H groups in total. The van der Waals surface area contributed by atoms with Gasteiger partial charge in [0.05, 0.1) is 0 Å². The Hall–Kier alpha value is 1.29. The van der Waals surface area contributed by atoms with Crippen LogP contribution in [0, 0.1) is 36.9 Å². The molecule has 0 unspecified atom stereocenters. The van der Waals surface area contributed by atoms with Crippen molar-refractivity contribution in [2.45, 2.75) is 0 Å². The van der Waals surface area contributed by atoms with Gasteiger partial charge >= 0.3 is 9.05 Å². The molecule has 6 heavy (non-hydrogen) atoms. The molecule has 4 nitrogen and oxygen atoms in total. The predicted molar refractivity (Wildman–Crippen MR) is 14.6 cm³/mol. The number of rotatable bonds is 0. The first-order valence-corrected chi connectivity index (χ1v) is 2.68. The quantitative estimate of drug-likeness (QED) is 0.362. The molecule has 0 atom stereocenters. The first-order chi connectivity index (χ1) is 2.00. The van der Waals surface area contributed by atoms with Gasteiger partial charge in [0.2, 0.25) is 0 Å². The van der Waals surface area contributed by atoms with Crippen molar-refractivity contribution < 1.29 is 56.1 Å². The minimum atomic E-state index is -4.61. The van der Waals surface area contributed by atoms with Crippen molar-refractivity contribution in [3.05, 3.63) is 0 Å². The summed E-state index contributed by atoms with van der Waals surface area (Å²) in [5.74, 6) is 0. The van der Waals surface area contributed by atoms with E-state index >= 15 is 0 Å². The van der Waals surface area contributed by atoms with Gasteiger partial charge in [-0.3, -0.25) is 0 Å². The molecular weight excluding hydrogens is 261 g/mol. The SMILES string of the molecule is O[Si](O)(O)O.[Tm]. The molecule has 0 aromatic rings. The fourth-order valence-corrected chi connectivity index (χ4v) is 0. The van der Waals surface area contributed by atoms with Crippen LogP contribution in [0.2, 0.25) is 0 Å². The van der Waals surface area contributed by atoms with E-state index in [1.165, 1.54) is 0 Å². The van der Waals surface area contributed by atoms with Crippen LogP contribution in [0.25, 0.3) is 0 Å². The van der Waals surface area contributed by atoms with E-state index in [0.717, 1.165) is 0 Å². The minimum absolute atomic E-state index is 0. The largest absolute Gasteiger partial charge is 0.668 e. The van der Waals surface area contributed by atoms with Crippen LogP contribution in [-0.4, -0.2) is 28.2 Å². The van der Waals surface area contributed by atoms with Crippen molar-refractivity contribution in [1.82, 2.24) is 0 Å². The first kappa shape index (κ1) is 10.3. The molecule has 0 aromatic carbocycles. The maximum absolute atomic E-state index is 7.33. The van der Waals surface area contributed by atoms with Gasteiger partial charge in [0, 0.05) is 36.9 Å². The summed E-state index contributed by atoms with van der Waals surface area (Å²) in [6.07, 6.45) is 0. The Morgan fingerprint density at radius 2 is 0.833 bits per heavy atom. The van der Waals surface area contributed by atoms with E-state index in [-0.39, 0.29) is 36.9 Å². The monoisotopic (exact) mass is 265 g/mol. The molecule has 0 amide bonds. The van der Waals surface area contributed by atoms with Crippen LogP contribution in [0.5, 0.6) is 0 Å². The molecule has 0 fully saturated rings. The van der Waals surface area contributed by atoms with Gasteiger partial charge in [0.15, 0.2) is 0 Å². The van der Waals surface area contributed by atoms with E-state index in [1.54, 1.807) is 0 Å². The zero-order valence-electron chi connectivity index (χ0n) is 2.57. The second-order valence-electron chi connectivity index (χ2n) is 0.600. The summed E-state index contributed by atoms with van der Waals surface area (Å²) in [4.78, 5) is 29.3. The van der Waals surface area contributed by atoms with Crippen molar-refractivity contribution >= 4 is 9.05 Å². The maximum atomic E-state index is 7.33. The zero-order chi connectivity index (χ0) is 4.50. The van der Waals surface area contributed by atoms with Gasteiger partial charge in [-0.05, 0) is 0 Å². The number of hydrogen-bond donors (Lipinski definition) is 4. The summed E-state index contributed by atoms with van der Waals surface area (Å²) in [6, 6.07) is 0. The smallest absolute Gasteiger partial charge is 0.368 e. The summed E-state index contributed by atoms with van der Waals surface area (Å²) in [7, 11) is -4.61. The molecule has 0 aliphatic heterocycles. The fraction of sp³-hybridized carbons (Fsp3) is 0. The van der Waals surface area contributed by atoms with Crippen LogP contribution in [-0.2, 0) is 0 Å². The molecule has 45 valence electrons. The van der Waals surface area contributed by atoms with E-state index in [0.29, 0.717) is 0 Å². The summed E-state index contributed by atoms with van der Waals surface area (Å²) in [5, 5.41) is 0. The van der Waals surface area contributed by atoms with Crippen molar-refractivity contribution in [3.63, 3.8) is 0 Å². The maximum Gasteiger partial charge on any atom is 0.668 e. The molecule has 0 saturated carbocycles. The summed E-state index contributed by atoms with van der Waals surface area (Å²) < 4.78 is 0. The Morgan fingerprint density at radius 1 is 0.833 bits per heavy atom. The third kappa shape index (κ3) is 58.5. The Labute approximate surface area is 64.7 Å². The third-order valence-electron chi connectivity index (χ3n) is 0. The average molecular weight is 265 g/mol. The molecule has 0 aromatic heterocycles. The molecule has 0 bridgehead atoms. The summed E-state index contributed by atoms with van der Waals surface area (Å²) in [5.41, 5.74) is 0. The van der Waals surface area contributed by atoms with Crippen LogP contribution in [0.15, 0.2) is 0 Å². The molecule has 0 saturated heterocycles. The molecule has 1 radical (unpaired) electrons. The molecule has 0 aliphatic rings. The Morgan fingerprint density at radius 3 is 0.833 bits per heavy atom. The van der Waals surface area contributed by atoms with Crippen LogP contribution in [0.4, 0.5) is 0 Å². The topological polar surface area (TPSA) is 80.9 Å². The predicted octanol–water partition coefficient (Wildman–Crippen LogP) is -2.61. The zero-order valence-corrected chi connectivity index (χ0v) is 5.35. The van der Waals surface area contributed by atoms with Crippen molar-refractivity contribution in [1.29, 1.82) is 0 Å². The van der Waals surface area contributed by atoms with Crippen molar-refractivity contribution in [2.24, 2.45) is 0 Å². The molecular formula is H4O4SiTm. The fourth-order valence-electron chi connectivity index (χ4n) is 0. The van der Waals surface area contributed by atoms with Crippen LogP contribution >= 0.6 is 0 Å². The van der Waals surface area contributed by atoms with E-state index < -0.39 is 9.05 Å². The van der Waals surface area contributed by atoms with Crippen molar-refractivity contribution in [3.8, 4) is 0 Å². The van der Waals surface area contributed by atoms with Gasteiger partial charge in [0.1, 0.15) is 0 Å². The summed E-state index contributed by atoms with van der Waals surface area (Å²) >= 11 is 0. The Bertz CT molecular complexity index is 23.0. The van der Waals surface area contributed by atoms with E-state index in [2.05, 4.69) is 0 Å². The van der Waals surface area contributed by atoms with E-state index in [9.17, 15) is 0 Å². The van der Waals surface area contributed by atoms with Crippen molar-refractivity contribution in [2.75, 3.05) is 0 Å².